The number of imidazole rings is 1. The zero-order chi connectivity index (χ0) is 17.1. The van der Waals surface area contributed by atoms with E-state index >= 15 is 0 Å². The fraction of sp³-hybridized carbons (Fsp3) is 0.778. The van der Waals surface area contributed by atoms with Crippen molar-refractivity contribution in [3.8, 4) is 0 Å². The van der Waals surface area contributed by atoms with Crippen molar-refractivity contribution in [1.82, 2.24) is 19.8 Å². The fourth-order valence-corrected chi connectivity index (χ4v) is 4.30. The summed E-state index contributed by atoms with van der Waals surface area (Å²) in [5.41, 5.74) is 0. The van der Waals surface area contributed by atoms with Gasteiger partial charge in [-0.1, -0.05) is 6.42 Å². The number of ether oxygens (including phenoxy) is 2. The van der Waals surface area contributed by atoms with Gasteiger partial charge < -0.3 is 24.3 Å². The molecule has 138 valence electrons. The lowest BCUT2D eigenvalue weighted by molar-refractivity contribution is -0.186. The third kappa shape index (κ3) is 3.82. The molecule has 2 atom stereocenters. The van der Waals surface area contributed by atoms with Gasteiger partial charge in [0.2, 0.25) is 0 Å². The van der Waals surface area contributed by atoms with E-state index in [9.17, 15) is 4.79 Å². The summed E-state index contributed by atoms with van der Waals surface area (Å²) < 4.78 is 14.1. The predicted octanol–water partition coefficient (Wildman–Crippen LogP) is 2.13. The average Bonchev–Trinajstić information content (AvgIpc) is 3.36. The standard InChI is InChI=1S/C18H28N4O3/c23-17(22-9-4-5-15(22)12-21-10-8-19-14-21)20-11-16-13-24-18(25-16)6-2-1-3-7-18/h8,10,14-16H,1-7,9,11-13H2,(H,20,23)/t15-,16-/m1/s1. The first-order valence-corrected chi connectivity index (χ1v) is 9.56. The highest BCUT2D eigenvalue weighted by atomic mass is 16.7. The number of hydrogen-bond acceptors (Lipinski definition) is 4. The normalized spacial score (nSPS) is 28.6. The van der Waals surface area contributed by atoms with Gasteiger partial charge in [-0.3, -0.25) is 0 Å². The summed E-state index contributed by atoms with van der Waals surface area (Å²) in [6.45, 7) is 2.73. The highest BCUT2D eigenvalue weighted by Crippen LogP contribution is 2.37. The van der Waals surface area contributed by atoms with Crippen LogP contribution in [-0.2, 0) is 16.0 Å². The van der Waals surface area contributed by atoms with Crippen LogP contribution in [0.25, 0.3) is 0 Å². The molecule has 0 radical (unpaired) electrons. The van der Waals surface area contributed by atoms with Crippen LogP contribution in [0.15, 0.2) is 18.7 Å². The number of likely N-dealkylation sites (tertiary alicyclic amines) is 1. The second kappa shape index (κ2) is 7.33. The SMILES string of the molecule is O=C(NC[C@@H]1COC2(CCCCC2)O1)N1CCC[C@@H]1Cn1ccnc1. The Hall–Kier alpha value is -1.60. The van der Waals surface area contributed by atoms with E-state index in [1.54, 1.807) is 6.20 Å². The van der Waals surface area contributed by atoms with E-state index in [-0.39, 0.29) is 24.0 Å². The fourth-order valence-electron chi connectivity index (χ4n) is 4.30. The molecule has 7 heteroatoms. The number of urea groups is 1. The van der Waals surface area contributed by atoms with E-state index in [1.807, 2.05) is 22.0 Å². The molecule has 1 aromatic rings. The molecule has 2 aliphatic heterocycles. The van der Waals surface area contributed by atoms with Crippen LogP contribution < -0.4 is 5.32 Å². The molecule has 1 aromatic heterocycles. The summed E-state index contributed by atoms with van der Waals surface area (Å²) >= 11 is 0. The van der Waals surface area contributed by atoms with Crippen molar-refractivity contribution >= 4 is 6.03 Å². The van der Waals surface area contributed by atoms with Crippen molar-refractivity contribution in [2.24, 2.45) is 0 Å². The first-order chi connectivity index (χ1) is 12.2. The molecule has 0 aromatic carbocycles. The molecule has 4 rings (SSSR count). The van der Waals surface area contributed by atoms with Crippen molar-refractivity contribution in [2.45, 2.75) is 69.4 Å². The largest absolute Gasteiger partial charge is 0.347 e. The van der Waals surface area contributed by atoms with Gasteiger partial charge in [-0.25, -0.2) is 9.78 Å². The Kier molecular flexibility index (Phi) is 4.94. The average molecular weight is 348 g/mol. The molecule has 25 heavy (non-hydrogen) atoms. The number of aromatic nitrogens is 2. The number of nitrogens with one attached hydrogen (secondary N) is 1. The van der Waals surface area contributed by atoms with Gasteiger partial charge in [0.1, 0.15) is 6.10 Å². The first-order valence-electron chi connectivity index (χ1n) is 9.56. The molecule has 2 saturated heterocycles. The highest BCUT2D eigenvalue weighted by molar-refractivity contribution is 5.74. The molecular weight excluding hydrogens is 320 g/mol. The Labute approximate surface area is 148 Å². The second-order valence-corrected chi connectivity index (χ2v) is 7.46. The number of hydrogen-bond donors (Lipinski definition) is 1. The van der Waals surface area contributed by atoms with Crippen LogP contribution in [0.3, 0.4) is 0 Å². The molecule has 7 nitrogen and oxygen atoms in total. The summed E-state index contributed by atoms with van der Waals surface area (Å²) in [5.74, 6) is -0.370. The number of amides is 2. The molecule has 0 unspecified atom stereocenters. The minimum absolute atomic E-state index is 0.0100. The van der Waals surface area contributed by atoms with E-state index in [2.05, 4.69) is 10.3 Å². The van der Waals surface area contributed by atoms with Gasteiger partial charge in [0, 0.05) is 44.9 Å². The maximum absolute atomic E-state index is 12.6. The van der Waals surface area contributed by atoms with E-state index in [0.717, 1.165) is 38.8 Å². The van der Waals surface area contributed by atoms with E-state index < -0.39 is 0 Å². The number of nitrogens with zero attached hydrogens (tertiary/aromatic N) is 3. The summed E-state index contributed by atoms with van der Waals surface area (Å²) in [5, 5.41) is 3.06. The third-order valence-corrected chi connectivity index (χ3v) is 5.63. The maximum atomic E-state index is 12.6. The van der Waals surface area contributed by atoms with Crippen molar-refractivity contribution in [3.05, 3.63) is 18.7 Å². The quantitative estimate of drug-likeness (QED) is 0.905. The monoisotopic (exact) mass is 348 g/mol. The summed E-state index contributed by atoms with van der Waals surface area (Å²) in [4.78, 5) is 18.6. The Morgan fingerprint density at radius 3 is 2.96 bits per heavy atom. The van der Waals surface area contributed by atoms with Crippen molar-refractivity contribution < 1.29 is 14.3 Å². The van der Waals surface area contributed by atoms with E-state index in [1.165, 1.54) is 19.3 Å². The second-order valence-electron chi connectivity index (χ2n) is 7.46. The zero-order valence-electron chi connectivity index (χ0n) is 14.7. The lowest BCUT2D eigenvalue weighted by Crippen LogP contribution is -2.46. The number of carbonyl (C=O) groups excluding carboxylic acids is 1. The van der Waals surface area contributed by atoms with Crippen LogP contribution in [0.4, 0.5) is 4.79 Å². The Bertz CT molecular complexity index is 571. The van der Waals surface area contributed by atoms with Gasteiger partial charge in [0.25, 0.3) is 0 Å². The Balaban J connectivity index is 1.26. The van der Waals surface area contributed by atoms with Gasteiger partial charge in [-0.05, 0) is 25.7 Å². The third-order valence-electron chi connectivity index (χ3n) is 5.63. The van der Waals surface area contributed by atoms with Crippen LogP contribution in [0, 0.1) is 0 Å². The van der Waals surface area contributed by atoms with Crippen LogP contribution in [0.5, 0.6) is 0 Å². The predicted molar refractivity (Wildman–Crippen MR) is 92.0 cm³/mol. The minimum atomic E-state index is -0.370. The van der Waals surface area contributed by atoms with Gasteiger partial charge in [0.05, 0.1) is 19.0 Å². The Morgan fingerprint density at radius 1 is 1.28 bits per heavy atom. The molecule has 1 N–H and O–H groups in total. The van der Waals surface area contributed by atoms with Gasteiger partial charge in [-0.15, -0.1) is 0 Å². The lowest BCUT2D eigenvalue weighted by Gasteiger charge is -2.32. The summed E-state index contributed by atoms with van der Waals surface area (Å²) in [6, 6.07) is 0.246. The van der Waals surface area contributed by atoms with Gasteiger partial charge in [0.15, 0.2) is 5.79 Å². The maximum Gasteiger partial charge on any atom is 0.317 e. The smallest absolute Gasteiger partial charge is 0.317 e. The lowest BCUT2D eigenvalue weighted by atomic mass is 9.94. The van der Waals surface area contributed by atoms with Crippen molar-refractivity contribution in [3.63, 3.8) is 0 Å². The molecule has 3 aliphatic rings. The highest BCUT2D eigenvalue weighted by Gasteiger charge is 2.42. The van der Waals surface area contributed by atoms with E-state index in [0.29, 0.717) is 13.2 Å². The molecule has 1 aliphatic carbocycles. The summed E-state index contributed by atoms with van der Waals surface area (Å²) in [6.07, 6.45) is 13.2. The van der Waals surface area contributed by atoms with Gasteiger partial charge >= 0.3 is 6.03 Å². The Morgan fingerprint density at radius 2 is 2.16 bits per heavy atom. The van der Waals surface area contributed by atoms with Crippen LogP contribution in [0.2, 0.25) is 0 Å². The van der Waals surface area contributed by atoms with Crippen LogP contribution >= 0.6 is 0 Å². The minimum Gasteiger partial charge on any atom is -0.347 e. The van der Waals surface area contributed by atoms with Crippen molar-refractivity contribution in [2.75, 3.05) is 19.7 Å². The zero-order valence-corrected chi connectivity index (χ0v) is 14.7. The summed E-state index contributed by atoms with van der Waals surface area (Å²) in [7, 11) is 0. The molecular formula is C18H28N4O3. The number of carbonyl (C=O) groups is 1. The van der Waals surface area contributed by atoms with Gasteiger partial charge in [-0.2, -0.15) is 0 Å². The molecule has 1 spiro atoms. The van der Waals surface area contributed by atoms with Crippen LogP contribution in [-0.4, -0.2) is 58.1 Å². The first kappa shape index (κ1) is 16.8. The van der Waals surface area contributed by atoms with Crippen LogP contribution in [0.1, 0.15) is 44.9 Å². The molecule has 1 saturated carbocycles. The topological polar surface area (TPSA) is 68.6 Å². The molecule has 3 heterocycles. The van der Waals surface area contributed by atoms with Crippen molar-refractivity contribution in [1.29, 1.82) is 0 Å². The molecule has 0 bridgehead atoms. The number of rotatable bonds is 4. The molecule has 3 fully saturated rings. The van der Waals surface area contributed by atoms with E-state index in [4.69, 9.17) is 9.47 Å². The molecule has 2 amide bonds.